The molecule has 0 unspecified atom stereocenters. The zero-order valence-electron chi connectivity index (χ0n) is 17.2. The molecule has 6 heteroatoms. The molecule has 0 saturated carbocycles. The van der Waals surface area contributed by atoms with Gasteiger partial charge in [0.1, 0.15) is 17.4 Å². The van der Waals surface area contributed by atoms with Gasteiger partial charge in [0.15, 0.2) is 0 Å². The number of aromatic nitrogens is 3. The third-order valence-electron chi connectivity index (χ3n) is 5.97. The fourth-order valence-electron chi connectivity index (χ4n) is 4.45. The largest absolute Gasteiger partial charge is 0.309 e. The lowest BCUT2D eigenvalue weighted by Crippen LogP contribution is -2.22. The predicted molar refractivity (Wildman–Crippen MR) is 118 cm³/mol. The van der Waals surface area contributed by atoms with Crippen molar-refractivity contribution in [3.05, 3.63) is 46.1 Å². The van der Waals surface area contributed by atoms with Gasteiger partial charge in [-0.15, -0.1) is 0 Å². The van der Waals surface area contributed by atoms with E-state index in [4.69, 9.17) is 16.6 Å². The maximum absolute atomic E-state index is 9.19. The molecule has 1 aliphatic heterocycles. The Morgan fingerprint density at radius 1 is 1.21 bits per heavy atom. The summed E-state index contributed by atoms with van der Waals surface area (Å²) in [6.45, 7) is 8.26. The first kappa shape index (κ1) is 19.7. The van der Waals surface area contributed by atoms with Gasteiger partial charge in [-0.1, -0.05) is 31.5 Å². The number of aryl methyl sites for hydroxylation is 2. The Morgan fingerprint density at radius 2 is 1.97 bits per heavy atom. The van der Waals surface area contributed by atoms with Gasteiger partial charge in [-0.3, -0.25) is 4.90 Å². The molecule has 4 rings (SSSR count). The minimum Gasteiger partial charge on any atom is -0.309 e. The average molecular weight is 408 g/mol. The standard InChI is InChI=1S/C23H26ClN5/c1-4-17(5-2)18-8-9-19(24)20-21(18)28-10-6-7-11-29(23(28)27-20)22-15(3)12-16(13-25)14-26-22/h8-9,12,14,17H,4-7,10-11H2,1-3H3. The van der Waals surface area contributed by atoms with E-state index in [0.717, 1.165) is 61.6 Å². The lowest BCUT2D eigenvalue weighted by atomic mass is 9.93. The first-order valence-corrected chi connectivity index (χ1v) is 10.8. The van der Waals surface area contributed by atoms with Crippen molar-refractivity contribution < 1.29 is 0 Å². The molecule has 0 amide bonds. The zero-order valence-corrected chi connectivity index (χ0v) is 18.0. The van der Waals surface area contributed by atoms with Gasteiger partial charge in [-0.2, -0.15) is 5.26 Å². The van der Waals surface area contributed by atoms with Gasteiger partial charge in [0.2, 0.25) is 5.95 Å². The molecule has 150 valence electrons. The van der Waals surface area contributed by atoms with Crippen molar-refractivity contribution in [1.82, 2.24) is 14.5 Å². The van der Waals surface area contributed by atoms with Crippen molar-refractivity contribution in [2.24, 2.45) is 0 Å². The van der Waals surface area contributed by atoms with Crippen molar-refractivity contribution in [2.75, 3.05) is 11.4 Å². The summed E-state index contributed by atoms with van der Waals surface area (Å²) in [6, 6.07) is 8.23. The molecule has 5 nitrogen and oxygen atoms in total. The van der Waals surface area contributed by atoms with Crippen molar-refractivity contribution >= 4 is 34.4 Å². The van der Waals surface area contributed by atoms with Crippen LogP contribution in [0, 0.1) is 18.3 Å². The van der Waals surface area contributed by atoms with Crippen LogP contribution in [0.5, 0.6) is 0 Å². The Balaban J connectivity index is 1.95. The van der Waals surface area contributed by atoms with Gasteiger partial charge in [-0.05, 0) is 61.8 Å². The molecule has 1 aliphatic rings. The van der Waals surface area contributed by atoms with Crippen LogP contribution in [0.25, 0.3) is 11.0 Å². The van der Waals surface area contributed by atoms with Crippen molar-refractivity contribution in [2.45, 2.75) is 58.9 Å². The molecule has 3 heterocycles. The summed E-state index contributed by atoms with van der Waals surface area (Å²) in [4.78, 5) is 11.8. The SMILES string of the molecule is CCC(CC)c1ccc(Cl)c2nc3n(c12)CCCCN3c1ncc(C#N)cc1C. The highest BCUT2D eigenvalue weighted by molar-refractivity contribution is 6.35. The van der Waals surface area contributed by atoms with Crippen molar-refractivity contribution in [3.8, 4) is 6.07 Å². The number of benzene rings is 1. The number of imidazole rings is 1. The summed E-state index contributed by atoms with van der Waals surface area (Å²) >= 11 is 6.60. The van der Waals surface area contributed by atoms with Crippen LogP contribution < -0.4 is 4.90 Å². The maximum atomic E-state index is 9.19. The Morgan fingerprint density at radius 3 is 2.66 bits per heavy atom. The first-order valence-electron chi connectivity index (χ1n) is 10.4. The van der Waals surface area contributed by atoms with Crippen LogP contribution in [0.1, 0.15) is 62.1 Å². The van der Waals surface area contributed by atoms with Gasteiger partial charge in [0.05, 0.1) is 16.1 Å². The number of fused-ring (bicyclic) bond motifs is 3. The fourth-order valence-corrected chi connectivity index (χ4v) is 4.64. The number of anilines is 2. The highest BCUT2D eigenvalue weighted by Crippen LogP contribution is 2.39. The minimum atomic E-state index is 0.488. The average Bonchev–Trinajstić information content (AvgIpc) is 2.99. The maximum Gasteiger partial charge on any atom is 0.212 e. The molecule has 0 radical (unpaired) electrons. The number of hydrogen-bond acceptors (Lipinski definition) is 4. The summed E-state index contributed by atoms with van der Waals surface area (Å²) in [6.07, 6.45) is 5.97. The monoisotopic (exact) mass is 407 g/mol. The fraction of sp³-hybridized carbons (Fsp3) is 0.435. The first-order chi connectivity index (χ1) is 14.1. The lowest BCUT2D eigenvalue weighted by molar-refractivity contribution is 0.632. The van der Waals surface area contributed by atoms with Crippen LogP contribution in [0.4, 0.5) is 11.8 Å². The van der Waals surface area contributed by atoms with E-state index in [1.54, 1.807) is 6.20 Å². The van der Waals surface area contributed by atoms with Gasteiger partial charge in [0, 0.05) is 19.3 Å². The van der Waals surface area contributed by atoms with Gasteiger partial charge in [-0.25, -0.2) is 9.97 Å². The Labute approximate surface area is 176 Å². The van der Waals surface area contributed by atoms with Crippen LogP contribution in [0.15, 0.2) is 24.4 Å². The topological polar surface area (TPSA) is 57.7 Å². The van der Waals surface area contributed by atoms with Crippen LogP contribution in [-0.2, 0) is 6.54 Å². The summed E-state index contributed by atoms with van der Waals surface area (Å²) < 4.78 is 2.33. The molecule has 2 aromatic heterocycles. The number of nitriles is 1. The zero-order chi connectivity index (χ0) is 20.5. The second kappa shape index (κ2) is 8.04. The molecular formula is C23H26ClN5. The number of hydrogen-bond donors (Lipinski definition) is 0. The van der Waals surface area contributed by atoms with Gasteiger partial charge >= 0.3 is 0 Å². The third kappa shape index (κ3) is 3.36. The number of rotatable bonds is 4. The Hall–Kier alpha value is -2.58. The second-order valence-corrected chi connectivity index (χ2v) is 8.15. The molecule has 29 heavy (non-hydrogen) atoms. The quantitative estimate of drug-likeness (QED) is 0.524. The van der Waals surface area contributed by atoms with Gasteiger partial charge in [0.25, 0.3) is 0 Å². The molecule has 0 bridgehead atoms. The van der Waals surface area contributed by atoms with Gasteiger partial charge < -0.3 is 4.57 Å². The molecule has 1 aromatic carbocycles. The van der Waals surface area contributed by atoms with Crippen LogP contribution in [0.2, 0.25) is 5.02 Å². The number of halogens is 1. The number of nitrogens with zero attached hydrogens (tertiary/aromatic N) is 5. The molecule has 3 aromatic rings. The summed E-state index contributed by atoms with van der Waals surface area (Å²) in [7, 11) is 0. The van der Waals surface area contributed by atoms with E-state index >= 15 is 0 Å². The molecule has 0 fully saturated rings. The van der Waals surface area contributed by atoms with E-state index in [-0.39, 0.29) is 0 Å². The smallest absolute Gasteiger partial charge is 0.212 e. The Bertz CT molecular complexity index is 1090. The summed E-state index contributed by atoms with van der Waals surface area (Å²) in [5, 5.41) is 9.88. The highest BCUT2D eigenvalue weighted by atomic mass is 35.5. The van der Waals surface area contributed by atoms with Crippen molar-refractivity contribution in [3.63, 3.8) is 0 Å². The minimum absolute atomic E-state index is 0.488. The molecular weight excluding hydrogens is 382 g/mol. The van der Waals surface area contributed by atoms with Crippen LogP contribution in [-0.4, -0.2) is 21.1 Å². The van der Waals surface area contributed by atoms with E-state index in [1.165, 1.54) is 11.1 Å². The second-order valence-electron chi connectivity index (χ2n) is 7.75. The van der Waals surface area contributed by atoms with E-state index in [1.807, 2.05) is 19.1 Å². The van der Waals surface area contributed by atoms with E-state index in [9.17, 15) is 5.26 Å². The Kier molecular flexibility index (Phi) is 5.47. The predicted octanol–water partition coefficient (Wildman–Crippen LogP) is 6.10. The normalized spacial score (nSPS) is 14.1. The molecule has 0 aliphatic carbocycles. The van der Waals surface area contributed by atoms with E-state index in [2.05, 4.69) is 40.4 Å². The molecule has 0 atom stereocenters. The highest BCUT2D eigenvalue weighted by Gasteiger charge is 2.27. The summed E-state index contributed by atoms with van der Waals surface area (Å²) in [5.74, 6) is 2.25. The molecule has 0 N–H and O–H groups in total. The van der Waals surface area contributed by atoms with Crippen molar-refractivity contribution in [1.29, 1.82) is 5.26 Å². The van der Waals surface area contributed by atoms with E-state index < -0.39 is 0 Å². The molecule has 0 spiro atoms. The van der Waals surface area contributed by atoms with Crippen LogP contribution in [0.3, 0.4) is 0 Å². The van der Waals surface area contributed by atoms with Crippen LogP contribution >= 0.6 is 11.6 Å². The van der Waals surface area contributed by atoms with E-state index in [0.29, 0.717) is 16.5 Å². The third-order valence-corrected chi connectivity index (χ3v) is 6.28. The molecule has 0 saturated heterocycles. The number of pyridine rings is 1. The summed E-state index contributed by atoms with van der Waals surface area (Å²) in [5.41, 5.74) is 4.94. The lowest BCUT2D eigenvalue weighted by Gasteiger charge is -2.23.